The monoisotopic (exact) mass is 393 g/mol. The summed E-state index contributed by atoms with van der Waals surface area (Å²) in [6.45, 7) is 5.34. The van der Waals surface area contributed by atoms with Crippen molar-refractivity contribution in [1.82, 2.24) is 10.2 Å². The number of rotatable bonds is 6. The molecule has 2 amide bonds. The molecule has 1 aromatic carbocycles. The van der Waals surface area contributed by atoms with Crippen LogP contribution in [0.1, 0.15) is 38.2 Å². The number of nitrogens with one attached hydrogen (secondary N) is 1. The molecule has 2 fully saturated rings. The topological polar surface area (TPSA) is 52.7 Å². The molecule has 1 atom stereocenters. The molecule has 0 bridgehead atoms. The van der Waals surface area contributed by atoms with Crippen molar-refractivity contribution in [3.05, 3.63) is 29.8 Å². The van der Waals surface area contributed by atoms with E-state index in [4.69, 9.17) is 0 Å². The zero-order chi connectivity index (χ0) is 18.5. The fraction of sp³-hybridized carbons (Fsp3) is 0.619. The molecule has 0 aromatic heterocycles. The van der Waals surface area contributed by atoms with Gasteiger partial charge in [-0.2, -0.15) is 0 Å². The summed E-state index contributed by atoms with van der Waals surface area (Å²) in [5.41, 5.74) is 2.21. The lowest BCUT2D eigenvalue weighted by Gasteiger charge is -2.33. The number of halogens is 1. The molecule has 0 spiro atoms. The second-order valence-electron chi connectivity index (χ2n) is 7.65. The Hall–Kier alpha value is -1.59. The Morgan fingerprint density at radius 2 is 1.85 bits per heavy atom. The van der Waals surface area contributed by atoms with Crippen LogP contribution in [0.15, 0.2) is 24.3 Å². The van der Waals surface area contributed by atoms with Gasteiger partial charge >= 0.3 is 0 Å². The SMILES string of the molecule is CCCc1ccc(N2CC(C(=O)N3CCC(CNC)CC3)CC2=O)cc1.Cl. The number of hydrogen-bond donors (Lipinski definition) is 1. The smallest absolute Gasteiger partial charge is 0.228 e. The first-order valence-electron chi connectivity index (χ1n) is 9.95. The van der Waals surface area contributed by atoms with Gasteiger partial charge in [-0.15, -0.1) is 12.4 Å². The number of aryl methyl sites for hydroxylation is 1. The van der Waals surface area contributed by atoms with Crippen LogP contribution in [-0.4, -0.2) is 49.9 Å². The third kappa shape index (κ3) is 5.23. The summed E-state index contributed by atoms with van der Waals surface area (Å²) in [5.74, 6) is 0.689. The van der Waals surface area contributed by atoms with Gasteiger partial charge < -0.3 is 15.1 Å². The van der Waals surface area contributed by atoms with Gasteiger partial charge in [0.2, 0.25) is 11.8 Å². The summed E-state index contributed by atoms with van der Waals surface area (Å²) in [7, 11) is 1.98. The highest BCUT2D eigenvalue weighted by molar-refractivity contribution is 6.00. The van der Waals surface area contributed by atoms with Crippen LogP contribution in [-0.2, 0) is 16.0 Å². The van der Waals surface area contributed by atoms with Crippen molar-refractivity contribution in [3.63, 3.8) is 0 Å². The molecule has 0 radical (unpaired) electrons. The van der Waals surface area contributed by atoms with Crippen LogP contribution < -0.4 is 10.2 Å². The minimum Gasteiger partial charge on any atom is -0.342 e. The Morgan fingerprint density at radius 1 is 1.19 bits per heavy atom. The van der Waals surface area contributed by atoms with Gasteiger partial charge in [0.15, 0.2) is 0 Å². The summed E-state index contributed by atoms with van der Waals surface area (Å²) in [5, 5.41) is 3.22. The minimum atomic E-state index is -0.196. The molecule has 1 unspecified atom stereocenters. The van der Waals surface area contributed by atoms with Crippen molar-refractivity contribution in [2.45, 2.75) is 39.0 Å². The Morgan fingerprint density at radius 3 is 2.44 bits per heavy atom. The predicted molar refractivity (Wildman–Crippen MR) is 111 cm³/mol. The van der Waals surface area contributed by atoms with Gasteiger partial charge in [-0.1, -0.05) is 25.5 Å². The Kier molecular flexibility index (Phi) is 8.11. The summed E-state index contributed by atoms with van der Waals surface area (Å²) in [6, 6.07) is 8.21. The highest BCUT2D eigenvalue weighted by Gasteiger charge is 2.38. The van der Waals surface area contributed by atoms with Crippen LogP contribution in [0, 0.1) is 11.8 Å². The van der Waals surface area contributed by atoms with E-state index in [-0.39, 0.29) is 30.1 Å². The van der Waals surface area contributed by atoms with E-state index in [9.17, 15) is 9.59 Å². The van der Waals surface area contributed by atoms with Crippen molar-refractivity contribution >= 4 is 29.9 Å². The number of hydrogen-bond acceptors (Lipinski definition) is 3. The summed E-state index contributed by atoms with van der Waals surface area (Å²) in [6.07, 6.45) is 4.61. The van der Waals surface area contributed by atoms with E-state index in [0.29, 0.717) is 18.9 Å². The molecule has 150 valence electrons. The fourth-order valence-electron chi connectivity index (χ4n) is 4.16. The maximum atomic E-state index is 12.9. The molecule has 2 heterocycles. The first-order valence-corrected chi connectivity index (χ1v) is 9.95. The van der Waals surface area contributed by atoms with Gasteiger partial charge in [0, 0.05) is 31.7 Å². The van der Waals surface area contributed by atoms with Crippen LogP contribution in [0.5, 0.6) is 0 Å². The minimum absolute atomic E-state index is 0. The standard InChI is InChI=1S/C21H31N3O2.ClH/c1-3-4-16-5-7-19(8-6-16)24-15-18(13-20(24)25)21(26)23-11-9-17(10-12-23)14-22-2;/h5-8,17-18,22H,3-4,9-15H2,1-2H3;1H. The second kappa shape index (κ2) is 10.1. The zero-order valence-electron chi connectivity index (χ0n) is 16.4. The molecule has 0 aliphatic carbocycles. The maximum absolute atomic E-state index is 12.9. The molecule has 3 rings (SSSR count). The normalized spacial score (nSPS) is 20.7. The summed E-state index contributed by atoms with van der Waals surface area (Å²) < 4.78 is 0. The quantitative estimate of drug-likeness (QED) is 0.808. The largest absolute Gasteiger partial charge is 0.342 e. The molecule has 6 heteroatoms. The highest BCUT2D eigenvalue weighted by atomic mass is 35.5. The van der Waals surface area contributed by atoms with E-state index < -0.39 is 0 Å². The van der Waals surface area contributed by atoms with E-state index in [1.165, 1.54) is 5.56 Å². The lowest BCUT2D eigenvalue weighted by atomic mass is 9.95. The van der Waals surface area contributed by atoms with Crippen LogP contribution in [0.2, 0.25) is 0 Å². The van der Waals surface area contributed by atoms with Gasteiger partial charge in [-0.05, 0) is 56.5 Å². The molecule has 5 nitrogen and oxygen atoms in total. The number of likely N-dealkylation sites (tertiary alicyclic amines) is 1. The third-order valence-corrected chi connectivity index (χ3v) is 5.68. The van der Waals surface area contributed by atoms with Gasteiger partial charge in [0.25, 0.3) is 0 Å². The fourth-order valence-corrected chi connectivity index (χ4v) is 4.16. The van der Waals surface area contributed by atoms with Gasteiger partial charge in [-0.3, -0.25) is 9.59 Å². The van der Waals surface area contributed by atoms with Crippen LogP contribution in [0.4, 0.5) is 5.69 Å². The molecule has 2 aliphatic heterocycles. The Labute approximate surface area is 168 Å². The van der Waals surface area contributed by atoms with Crippen LogP contribution >= 0.6 is 12.4 Å². The van der Waals surface area contributed by atoms with E-state index in [1.807, 2.05) is 24.1 Å². The summed E-state index contributed by atoms with van der Waals surface area (Å²) >= 11 is 0. The van der Waals surface area contributed by atoms with Gasteiger partial charge in [0.1, 0.15) is 0 Å². The molecule has 2 saturated heterocycles. The average Bonchev–Trinajstić information content (AvgIpc) is 3.05. The molecule has 1 N–H and O–H groups in total. The Balaban J connectivity index is 0.00000261. The van der Waals surface area contributed by atoms with Crippen LogP contribution in [0.3, 0.4) is 0 Å². The number of amides is 2. The molecule has 1 aromatic rings. The van der Waals surface area contributed by atoms with E-state index in [1.54, 1.807) is 4.90 Å². The summed E-state index contributed by atoms with van der Waals surface area (Å²) in [4.78, 5) is 29.1. The molecule has 0 saturated carbocycles. The number of carbonyl (C=O) groups excluding carboxylic acids is 2. The predicted octanol–water partition coefficient (Wildman–Crippen LogP) is 2.87. The van der Waals surface area contributed by atoms with Crippen molar-refractivity contribution in [1.29, 1.82) is 0 Å². The van der Waals surface area contributed by atoms with Crippen LogP contribution in [0.25, 0.3) is 0 Å². The highest BCUT2D eigenvalue weighted by Crippen LogP contribution is 2.28. The number of anilines is 1. The lowest BCUT2D eigenvalue weighted by Crippen LogP contribution is -2.43. The molecule has 2 aliphatic rings. The lowest BCUT2D eigenvalue weighted by molar-refractivity contribution is -0.137. The molecular weight excluding hydrogens is 362 g/mol. The van der Waals surface area contributed by atoms with Crippen molar-refractivity contribution in [3.8, 4) is 0 Å². The number of nitrogens with zero attached hydrogens (tertiary/aromatic N) is 2. The van der Waals surface area contributed by atoms with Gasteiger partial charge in [0.05, 0.1) is 5.92 Å². The van der Waals surface area contributed by atoms with Crippen molar-refractivity contribution < 1.29 is 9.59 Å². The number of piperidine rings is 1. The van der Waals surface area contributed by atoms with Crippen molar-refractivity contribution in [2.24, 2.45) is 11.8 Å². The second-order valence-corrected chi connectivity index (χ2v) is 7.65. The first kappa shape index (κ1) is 21.7. The zero-order valence-corrected chi connectivity index (χ0v) is 17.3. The van der Waals surface area contributed by atoms with E-state index >= 15 is 0 Å². The van der Waals surface area contributed by atoms with E-state index in [2.05, 4.69) is 24.4 Å². The number of benzene rings is 1. The van der Waals surface area contributed by atoms with Crippen molar-refractivity contribution in [2.75, 3.05) is 38.1 Å². The maximum Gasteiger partial charge on any atom is 0.228 e. The van der Waals surface area contributed by atoms with Gasteiger partial charge in [-0.25, -0.2) is 0 Å². The number of carbonyl (C=O) groups is 2. The Bertz CT molecular complexity index is 627. The average molecular weight is 394 g/mol. The first-order chi connectivity index (χ1) is 12.6. The molecule has 27 heavy (non-hydrogen) atoms. The molecular formula is C21H32ClN3O2. The third-order valence-electron chi connectivity index (χ3n) is 5.68. The van der Waals surface area contributed by atoms with E-state index in [0.717, 1.165) is 51.0 Å².